The van der Waals surface area contributed by atoms with Crippen LogP contribution in [0.25, 0.3) is 0 Å². The smallest absolute Gasteiger partial charge is 0.269 e. The molecule has 18 heavy (non-hydrogen) atoms. The summed E-state index contributed by atoms with van der Waals surface area (Å²) in [5.41, 5.74) is 6.02. The minimum atomic E-state index is -1.66. The van der Waals surface area contributed by atoms with Gasteiger partial charge >= 0.3 is 0 Å². The fourth-order valence-corrected chi connectivity index (χ4v) is 1.60. The molecular weight excluding hydrogens is 302 g/mol. The molecule has 0 aliphatic heterocycles. The number of halogens is 3. The summed E-state index contributed by atoms with van der Waals surface area (Å²) < 4.78 is -1.66. The topological polar surface area (TPSA) is 89.4 Å². The van der Waals surface area contributed by atoms with E-state index in [4.69, 9.17) is 40.5 Å². The molecule has 0 aromatic heterocycles. The zero-order valence-corrected chi connectivity index (χ0v) is 11.4. The second-order valence-corrected chi connectivity index (χ2v) is 6.12. The highest BCUT2D eigenvalue weighted by molar-refractivity contribution is 6.68. The van der Waals surface area contributed by atoms with E-state index in [-0.39, 0.29) is 12.1 Å². The lowest BCUT2D eigenvalue weighted by Gasteiger charge is -2.22. The van der Waals surface area contributed by atoms with Gasteiger partial charge in [0.15, 0.2) is 0 Å². The van der Waals surface area contributed by atoms with Crippen LogP contribution in [0.3, 0.4) is 0 Å². The van der Waals surface area contributed by atoms with Crippen molar-refractivity contribution in [3.05, 3.63) is 39.9 Å². The van der Waals surface area contributed by atoms with Gasteiger partial charge in [-0.1, -0.05) is 34.8 Å². The molecule has 0 saturated heterocycles. The van der Waals surface area contributed by atoms with Crippen LogP contribution >= 0.6 is 34.8 Å². The SMILES string of the molecule is N[C@H](C[C@H](O)c1ccc([N+](=O)[O-])cc1)C(Cl)(Cl)Cl. The number of nitrogens with zero attached hydrogens (tertiary/aromatic N) is 1. The zero-order chi connectivity index (χ0) is 13.9. The lowest BCUT2D eigenvalue weighted by molar-refractivity contribution is -0.384. The zero-order valence-electron chi connectivity index (χ0n) is 9.09. The molecule has 5 nitrogen and oxygen atoms in total. The molecule has 1 aromatic carbocycles. The third-order valence-corrected chi connectivity index (χ3v) is 3.23. The fraction of sp³-hybridized carbons (Fsp3) is 0.400. The Labute approximate surface area is 119 Å². The first-order chi connectivity index (χ1) is 8.21. The van der Waals surface area contributed by atoms with E-state index in [0.717, 1.165) is 0 Å². The van der Waals surface area contributed by atoms with Crippen LogP contribution in [-0.2, 0) is 0 Å². The number of aliphatic hydroxyl groups excluding tert-OH is 1. The second kappa shape index (κ2) is 6.04. The summed E-state index contributed by atoms with van der Waals surface area (Å²) >= 11 is 16.8. The standard InChI is InChI=1S/C10H11Cl3N2O3/c11-10(12,13)9(14)5-8(16)6-1-3-7(4-2-6)15(17)18/h1-4,8-9,16H,5,14H2/t8-,9+/m0/s1. The average molecular weight is 314 g/mol. The molecule has 0 amide bonds. The Balaban J connectivity index is 2.73. The summed E-state index contributed by atoms with van der Waals surface area (Å²) in [7, 11) is 0. The Morgan fingerprint density at radius 3 is 2.22 bits per heavy atom. The molecule has 8 heteroatoms. The molecule has 3 N–H and O–H groups in total. The van der Waals surface area contributed by atoms with E-state index in [1.807, 2.05) is 0 Å². The van der Waals surface area contributed by atoms with Gasteiger partial charge in [0.25, 0.3) is 5.69 Å². The number of nitro benzene ring substituents is 1. The predicted octanol–water partition coefficient (Wildman–Crippen LogP) is 2.72. The first-order valence-corrected chi connectivity index (χ1v) is 6.10. The van der Waals surface area contributed by atoms with Gasteiger partial charge in [-0.3, -0.25) is 10.1 Å². The Morgan fingerprint density at radius 1 is 1.33 bits per heavy atom. The van der Waals surface area contributed by atoms with Gasteiger partial charge in [0.1, 0.15) is 0 Å². The molecule has 0 bridgehead atoms. The van der Waals surface area contributed by atoms with Gasteiger partial charge in [-0.2, -0.15) is 0 Å². The Kier molecular flexibility index (Phi) is 5.19. The first-order valence-electron chi connectivity index (χ1n) is 4.96. The number of hydrogen-bond acceptors (Lipinski definition) is 4. The van der Waals surface area contributed by atoms with Crippen LogP contribution in [0.5, 0.6) is 0 Å². The number of rotatable bonds is 4. The maximum absolute atomic E-state index is 10.5. The molecule has 100 valence electrons. The van der Waals surface area contributed by atoms with Crippen molar-refractivity contribution in [2.45, 2.75) is 22.4 Å². The Hall–Kier alpha value is -0.590. The van der Waals surface area contributed by atoms with Crippen molar-refractivity contribution in [2.75, 3.05) is 0 Å². The van der Waals surface area contributed by atoms with Crippen molar-refractivity contribution in [3.8, 4) is 0 Å². The third-order valence-electron chi connectivity index (χ3n) is 2.39. The maximum Gasteiger partial charge on any atom is 0.269 e. The molecular formula is C10H11Cl3N2O3. The molecule has 0 heterocycles. The van der Waals surface area contributed by atoms with Crippen LogP contribution in [0.15, 0.2) is 24.3 Å². The summed E-state index contributed by atoms with van der Waals surface area (Å²) in [4.78, 5) is 9.94. The van der Waals surface area contributed by atoms with Gasteiger partial charge < -0.3 is 10.8 Å². The number of aliphatic hydroxyl groups is 1. The molecule has 0 unspecified atom stereocenters. The van der Waals surface area contributed by atoms with Gasteiger partial charge in [-0.25, -0.2) is 0 Å². The van der Waals surface area contributed by atoms with Gasteiger partial charge in [0.05, 0.1) is 17.1 Å². The summed E-state index contributed by atoms with van der Waals surface area (Å²) in [6.45, 7) is 0. The van der Waals surface area contributed by atoms with Gasteiger partial charge in [-0.15, -0.1) is 0 Å². The summed E-state index contributed by atoms with van der Waals surface area (Å²) in [5, 5.41) is 20.3. The van der Waals surface area contributed by atoms with Crippen LogP contribution in [-0.4, -0.2) is 19.9 Å². The minimum Gasteiger partial charge on any atom is -0.388 e. The number of non-ortho nitro benzene ring substituents is 1. The van der Waals surface area contributed by atoms with Crippen LogP contribution in [0.4, 0.5) is 5.69 Å². The van der Waals surface area contributed by atoms with Crippen molar-refractivity contribution >= 4 is 40.5 Å². The second-order valence-electron chi connectivity index (χ2n) is 3.75. The lowest BCUT2D eigenvalue weighted by Crippen LogP contribution is -2.36. The summed E-state index contributed by atoms with van der Waals surface area (Å²) in [6, 6.07) is 4.62. The maximum atomic E-state index is 10.5. The number of alkyl halides is 3. The van der Waals surface area contributed by atoms with E-state index < -0.39 is 20.9 Å². The number of benzene rings is 1. The van der Waals surface area contributed by atoms with Crippen LogP contribution in [0.2, 0.25) is 0 Å². The van der Waals surface area contributed by atoms with E-state index >= 15 is 0 Å². The normalized spacial score (nSPS) is 15.2. The van der Waals surface area contributed by atoms with Crippen LogP contribution in [0.1, 0.15) is 18.1 Å². The monoisotopic (exact) mass is 312 g/mol. The average Bonchev–Trinajstić information content (AvgIpc) is 2.27. The minimum absolute atomic E-state index is 0.0360. The molecule has 0 aliphatic rings. The van der Waals surface area contributed by atoms with Crippen molar-refractivity contribution in [3.63, 3.8) is 0 Å². The molecule has 0 aliphatic carbocycles. The molecule has 1 aromatic rings. The number of hydrogen-bond donors (Lipinski definition) is 2. The number of nitrogens with two attached hydrogens (primary N) is 1. The van der Waals surface area contributed by atoms with Gasteiger partial charge in [-0.05, 0) is 24.1 Å². The quantitative estimate of drug-likeness (QED) is 0.508. The highest BCUT2D eigenvalue weighted by Gasteiger charge is 2.31. The fourth-order valence-electron chi connectivity index (χ4n) is 1.33. The first kappa shape index (κ1) is 15.5. The largest absolute Gasteiger partial charge is 0.388 e. The van der Waals surface area contributed by atoms with Crippen molar-refractivity contribution in [1.29, 1.82) is 0 Å². The van der Waals surface area contributed by atoms with E-state index in [9.17, 15) is 15.2 Å². The van der Waals surface area contributed by atoms with E-state index in [1.165, 1.54) is 24.3 Å². The summed E-state index contributed by atoms with van der Waals surface area (Å²) in [6.07, 6.45) is -0.912. The molecule has 1 rings (SSSR count). The molecule has 0 saturated carbocycles. The molecule has 0 spiro atoms. The Bertz CT molecular complexity index is 419. The van der Waals surface area contributed by atoms with Crippen molar-refractivity contribution in [1.82, 2.24) is 0 Å². The molecule has 2 atom stereocenters. The van der Waals surface area contributed by atoms with Gasteiger partial charge in [0, 0.05) is 12.1 Å². The molecule has 0 fully saturated rings. The lowest BCUT2D eigenvalue weighted by atomic mass is 10.0. The van der Waals surface area contributed by atoms with Crippen molar-refractivity contribution < 1.29 is 10.0 Å². The predicted molar refractivity (Wildman–Crippen MR) is 70.9 cm³/mol. The van der Waals surface area contributed by atoms with E-state index in [0.29, 0.717) is 5.56 Å². The Morgan fingerprint density at radius 2 is 1.83 bits per heavy atom. The van der Waals surface area contributed by atoms with E-state index in [1.54, 1.807) is 0 Å². The van der Waals surface area contributed by atoms with E-state index in [2.05, 4.69) is 0 Å². The highest BCUT2D eigenvalue weighted by atomic mass is 35.6. The van der Waals surface area contributed by atoms with Crippen LogP contribution < -0.4 is 5.73 Å². The van der Waals surface area contributed by atoms with Crippen LogP contribution in [0, 0.1) is 10.1 Å². The summed E-state index contributed by atoms with van der Waals surface area (Å²) in [5.74, 6) is 0. The number of nitro groups is 1. The molecule has 0 radical (unpaired) electrons. The third kappa shape index (κ3) is 4.26. The highest BCUT2D eigenvalue weighted by Crippen LogP contribution is 2.33. The van der Waals surface area contributed by atoms with Gasteiger partial charge in [0.2, 0.25) is 3.79 Å². The van der Waals surface area contributed by atoms with Crippen molar-refractivity contribution in [2.24, 2.45) is 5.73 Å².